The predicted molar refractivity (Wildman–Crippen MR) is 70.9 cm³/mol. The maximum Gasteiger partial charge on any atom is 0.416 e. The van der Waals surface area contributed by atoms with E-state index in [0.717, 1.165) is 25.0 Å². The van der Waals surface area contributed by atoms with Gasteiger partial charge in [0.15, 0.2) is 0 Å². The van der Waals surface area contributed by atoms with Crippen LogP contribution in [0.2, 0.25) is 0 Å². The fraction of sp³-hybridized carbons (Fsp3) is 0.400. The first-order chi connectivity index (χ1) is 9.29. The van der Waals surface area contributed by atoms with Crippen LogP contribution < -0.4 is 5.32 Å². The number of carbonyl (C=O) groups is 1. The molecular weight excluding hydrogens is 267 g/mol. The lowest BCUT2D eigenvalue weighted by atomic mass is 9.99. The van der Waals surface area contributed by atoms with Crippen molar-refractivity contribution in [3.8, 4) is 0 Å². The highest BCUT2D eigenvalue weighted by atomic mass is 19.4. The van der Waals surface area contributed by atoms with Crippen LogP contribution >= 0.6 is 0 Å². The number of alkyl halides is 3. The van der Waals surface area contributed by atoms with E-state index in [2.05, 4.69) is 5.32 Å². The summed E-state index contributed by atoms with van der Waals surface area (Å²) in [6, 6.07) is 5.26. The average molecular weight is 283 g/mol. The SMILES string of the molecule is C/C(C(=O)NC1CC1)=C(\C)c1cccc(C(F)(F)F)c1. The maximum atomic E-state index is 12.7. The van der Waals surface area contributed by atoms with Crippen molar-refractivity contribution < 1.29 is 18.0 Å². The van der Waals surface area contributed by atoms with Gasteiger partial charge in [-0.15, -0.1) is 0 Å². The molecule has 1 aromatic rings. The highest BCUT2D eigenvalue weighted by Crippen LogP contribution is 2.31. The third-order valence-corrected chi connectivity index (χ3v) is 3.44. The minimum atomic E-state index is -4.37. The van der Waals surface area contributed by atoms with Gasteiger partial charge in [0.1, 0.15) is 0 Å². The fourth-order valence-electron chi connectivity index (χ4n) is 1.84. The number of hydrogen-bond acceptors (Lipinski definition) is 1. The number of nitrogens with one attached hydrogen (secondary N) is 1. The van der Waals surface area contributed by atoms with E-state index in [0.29, 0.717) is 16.7 Å². The third-order valence-electron chi connectivity index (χ3n) is 3.44. The van der Waals surface area contributed by atoms with Crippen LogP contribution in [0, 0.1) is 0 Å². The minimum absolute atomic E-state index is 0.206. The molecule has 1 aliphatic rings. The van der Waals surface area contributed by atoms with Crippen molar-refractivity contribution in [1.82, 2.24) is 5.32 Å². The maximum absolute atomic E-state index is 12.7. The van der Waals surface area contributed by atoms with Gasteiger partial charge in [-0.1, -0.05) is 12.1 Å². The Bertz CT molecular complexity index is 556. The fourth-order valence-corrected chi connectivity index (χ4v) is 1.84. The normalized spacial score (nSPS) is 16.6. The van der Waals surface area contributed by atoms with Gasteiger partial charge in [-0.25, -0.2) is 0 Å². The summed E-state index contributed by atoms with van der Waals surface area (Å²) in [6.07, 6.45) is -2.43. The average Bonchev–Trinajstić information content (AvgIpc) is 3.20. The lowest BCUT2D eigenvalue weighted by Gasteiger charge is -2.11. The molecule has 1 amide bonds. The summed E-state index contributed by atoms with van der Waals surface area (Å²) >= 11 is 0. The van der Waals surface area contributed by atoms with Crippen molar-refractivity contribution >= 4 is 11.5 Å². The second-order valence-electron chi connectivity index (χ2n) is 5.08. The molecule has 1 fully saturated rings. The Morgan fingerprint density at radius 2 is 1.90 bits per heavy atom. The summed E-state index contributed by atoms with van der Waals surface area (Å²) in [6.45, 7) is 3.30. The number of halogens is 3. The molecule has 2 rings (SSSR count). The van der Waals surface area contributed by atoms with E-state index in [-0.39, 0.29) is 11.9 Å². The Kier molecular flexibility index (Phi) is 3.88. The van der Waals surface area contributed by atoms with Gasteiger partial charge in [0, 0.05) is 11.6 Å². The van der Waals surface area contributed by atoms with E-state index in [4.69, 9.17) is 0 Å². The zero-order chi connectivity index (χ0) is 14.9. The molecule has 1 aliphatic carbocycles. The molecule has 0 spiro atoms. The topological polar surface area (TPSA) is 29.1 Å². The van der Waals surface area contributed by atoms with E-state index < -0.39 is 11.7 Å². The van der Waals surface area contributed by atoms with Crippen LogP contribution in [0.5, 0.6) is 0 Å². The van der Waals surface area contributed by atoms with Crippen molar-refractivity contribution in [3.63, 3.8) is 0 Å². The zero-order valence-corrected chi connectivity index (χ0v) is 11.3. The van der Waals surface area contributed by atoms with Gasteiger partial charge < -0.3 is 5.32 Å². The number of rotatable bonds is 3. The molecule has 1 saturated carbocycles. The van der Waals surface area contributed by atoms with E-state index in [1.165, 1.54) is 6.07 Å². The lowest BCUT2D eigenvalue weighted by Crippen LogP contribution is -2.26. The quantitative estimate of drug-likeness (QED) is 0.840. The summed E-state index contributed by atoms with van der Waals surface area (Å²) in [5.74, 6) is -0.206. The molecule has 0 saturated heterocycles. The first kappa shape index (κ1) is 14.6. The highest BCUT2D eigenvalue weighted by molar-refractivity contribution is 6.00. The first-order valence-electron chi connectivity index (χ1n) is 6.45. The second kappa shape index (κ2) is 5.31. The Balaban J connectivity index is 2.26. The molecule has 1 aromatic carbocycles. The highest BCUT2D eigenvalue weighted by Gasteiger charge is 2.30. The lowest BCUT2D eigenvalue weighted by molar-refractivity contribution is -0.137. The number of benzene rings is 1. The van der Waals surface area contributed by atoms with Gasteiger partial charge in [0.05, 0.1) is 5.56 Å². The van der Waals surface area contributed by atoms with Crippen LogP contribution in [-0.4, -0.2) is 11.9 Å². The van der Waals surface area contributed by atoms with Crippen LogP contribution in [0.15, 0.2) is 29.8 Å². The summed E-state index contributed by atoms with van der Waals surface area (Å²) in [5, 5.41) is 2.83. The van der Waals surface area contributed by atoms with Gasteiger partial charge in [-0.2, -0.15) is 13.2 Å². The Labute approximate surface area is 115 Å². The van der Waals surface area contributed by atoms with E-state index >= 15 is 0 Å². The molecule has 0 heterocycles. The van der Waals surface area contributed by atoms with Crippen molar-refractivity contribution in [3.05, 3.63) is 41.0 Å². The number of hydrogen-bond donors (Lipinski definition) is 1. The van der Waals surface area contributed by atoms with E-state index in [1.54, 1.807) is 19.9 Å². The first-order valence-corrected chi connectivity index (χ1v) is 6.45. The molecule has 0 radical (unpaired) electrons. The molecule has 1 N–H and O–H groups in total. The van der Waals surface area contributed by atoms with Gasteiger partial charge in [0.25, 0.3) is 0 Å². The minimum Gasteiger partial charge on any atom is -0.350 e. The largest absolute Gasteiger partial charge is 0.416 e. The second-order valence-corrected chi connectivity index (χ2v) is 5.08. The Hall–Kier alpha value is -1.78. The molecule has 0 aromatic heterocycles. The number of amides is 1. The molecule has 2 nitrogen and oxygen atoms in total. The van der Waals surface area contributed by atoms with E-state index in [9.17, 15) is 18.0 Å². The predicted octanol–water partition coefficient (Wildman–Crippen LogP) is 3.78. The smallest absolute Gasteiger partial charge is 0.350 e. The van der Waals surface area contributed by atoms with Gasteiger partial charge in [-0.05, 0) is 50.0 Å². The summed E-state index contributed by atoms with van der Waals surface area (Å²) < 4.78 is 38.0. The molecule has 20 heavy (non-hydrogen) atoms. The summed E-state index contributed by atoms with van der Waals surface area (Å²) in [7, 11) is 0. The van der Waals surface area contributed by atoms with Crippen molar-refractivity contribution in [2.24, 2.45) is 0 Å². The molecule has 0 aliphatic heterocycles. The molecular formula is C15H16F3NO. The standard InChI is InChI=1S/C15H16F3NO/c1-9(10(2)14(20)19-13-6-7-13)11-4-3-5-12(8-11)15(16,17)18/h3-5,8,13H,6-7H2,1-2H3,(H,19,20)/b10-9-. The van der Waals surface area contributed by atoms with Crippen molar-refractivity contribution in [2.75, 3.05) is 0 Å². The summed E-state index contributed by atoms with van der Waals surface area (Å²) in [4.78, 5) is 11.9. The molecule has 0 bridgehead atoms. The third kappa shape index (κ3) is 3.40. The van der Waals surface area contributed by atoms with Crippen LogP contribution in [0.4, 0.5) is 13.2 Å². The molecule has 0 atom stereocenters. The monoisotopic (exact) mass is 283 g/mol. The molecule has 0 unspecified atom stereocenters. The zero-order valence-electron chi connectivity index (χ0n) is 11.3. The number of allylic oxidation sites excluding steroid dienone is 1. The molecule has 5 heteroatoms. The van der Waals surface area contributed by atoms with Gasteiger partial charge in [-0.3, -0.25) is 4.79 Å². The van der Waals surface area contributed by atoms with E-state index in [1.807, 2.05) is 0 Å². The summed E-state index contributed by atoms with van der Waals surface area (Å²) in [5.41, 5.74) is 0.735. The van der Waals surface area contributed by atoms with Crippen LogP contribution in [0.1, 0.15) is 37.8 Å². The number of carbonyl (C=O) groups excluding carboxylic acids is 1. The van der Waals surface area contributed by atoms with Crippen molar-refractivity contribution in [1.29, 1.82) is 0 Å². The Morgan fingerprint density at radius 1 is 1.25 bits per heavy atom. The van der Waals surface area contributed by atoms with Crippen LogP contribution in [-0.2, 0) is 11.0 Å². The van der Waals surface area contributed by atoms with Crippen LogP contribution in [0.3, 0.4) is 0 Å². The van der Waals surface area contributed by atoms with Crippen LogP contribution in [0.25, 0.3) is 5.57 Å². The van der Waals surface area contributed by atoms with Crippen molar-refractivity contribution in [2.45, 2.75) is 38.9 Å². The van der Waals surface area contributed by atoms with Gasteiger partial charge >= 0.3 is 6.18 Å². The Morgan fingerprint density at radius 3 is 2.45 bits per heavy atom. The molecule has 108 valence electrons. The van der Waals surface area contributed by atoms with Gasteiger partial charge in [0.2, 0.25) is 5.91 Å².